The van der Waals surface area contributed by atoms with Crippen molar-refractivity contribution in [2.45, 2.75) is 32.2 Å². The molecule has 0 aliphatic carbocycles. The number of likely N-dealkylation sites (tertiary alicyclic amines) is 2. The Hall–Kier alpha value is -1.11. The van der Waals surface area contributed by atoms with E-state index in [4.69, 9.17) is 0 Å². The molecule has 1 amide bonds. The van der Waals surface area contributed by atoms with Gasteiger partial charge in [-0.25, -0.2) is 0 Å². The Balaban J connectivity index is 1.55. The van der Waals surface area contributed by atoms with Crippen molar-refractivity contribution in [3.8, 4) is 0 Å². The SMILES string of the molecule is CSCCC(=O)N1CCC2(CCN(Cc3ccccn3)CC2)[C@@H](CO)C1. The molecule has 2 aliphatic rings. The molecule has 1 N–H and O–H groups in total. The summed E-state index contributed by atoms with van der Waals surface area (Å²) in [7, 11) is 0. The fraction of sp³-hybridized carbons (Fsp3) is 0.700. The van der Waals surface area contributed by atoms with Crippen molar-refractivity contribution in [3.63, 3.8) is 0 Å². The topological polar surface area (TPSA) is 56.7 Å². The number of hydrogen-bond donors (Lipinski definition) is 1. The molecule has 6 heteroatoms. The van der Waals surface area contributed by atoms with Gasteiger partial charge in [-0.15, -0.1) is 0 Å². The predicted molar refractivity (Wildman–Crippen MR) is 106 cm³/mol. The van der Waals surface area contributed by atoms with Gasteiger partial charge in [0.1, 0.15) is 0 Å². The molecule has 3 rings (SSSR count). The number of thioether (sulfide) groups is 1. The standard InChI is InChI=1S/C20H31N3O2S/c1-26-13-5-19(25)23-12-8-20(17(14-23)16-24)6-10-22(11-7-20)15-18-4-2-3-9-21-18/h2-4,9,17,24H,5-8,10-16H2,1H3/t17-/m1/s1. The van der Waals surface area contributed by atoms with Gasteiger partial charge >= 0.3 is 0 Å². The first-order valence-electron chi connectivity index (χ1n) is 9.67. The second kappa shape index (κ2) is 9.20. The average molecular weight is 378 g/mol. The van der Waals surface area contributed by atoms with Gasteiger partial charge < -0.3 is 10.0 Å². The van der Waals surface area contributed by atoms with Crippen LogP contribution in [0.3, 0.4) is 0 Å². The monoisotopic (exact) mass is 377 g/mol. The Morgan fingerprint density at radius 3 is 2.73 bits per heavy atom. The van der Waals surface area contributed by atoms with Crippen LogP contribution in [0.5, 0.6) is 0 Å². The number of aliphatic hydroxyl groups excluding tert-OH is 1. The molecule has 1 atom stereocenters. The smallest absolute Gasteiger partial charge is 0.223 e. The van der Waals surface area contributed by atoms with Gasteiger partial charge in [0.2, 0.25) is 5.91 Å². The average Bonchev–Trinajstić information content (AvgIpc) is 2.69. The fourth-order valence-corrected chi connectivity index (χ4v) is 4.85. The Kier molecular flexibility index (Phi) is 6.95. The summed E-state index contributed by atoms with van der Waals surface area (Å²) >= 11 is 1.72. The highest BCUT2D eigenvalue weighted by atomic mass is 32.2. The second-order valence-corrected chi connectivity index (χ2v) is 8.66. The van der Waals surface area contributed by atoms with Crippen molar-refractivity contribution < 1.29 is 9.90 Å². The van der Waals surface area contributed by atoms with Crippen molar-refractivity contribution in [1.82, 2.24) is 14.8 Å². The molecule has 0 bridgehead atoms. The zero-order valence-corrected chi connectivity index (χ0v) is 16.6. The highest BCUT2D eigenvalue weighted by Gasteiger charge is 2.45. The summed E-state index contributed by atoms with van der Waals surface area (Å²) < 4.78 is 0. The van der Waals surface area contributed by atoms with Crippen LogP contribution in [-0.4, -0.2) is 70.6 Å². The second-order valence-electron chi connectivity index (χ2n) is 7.67. The van der Waals surface area contributed by atoms with Crippen molar-refractivity contribution in [1.29, 1.82) is 0 Å². The summed E-state index contributed by atoms with van der Waals surface area (Å²) in [6, 6.07) is 6.08. The minimum Gasteiger partial charge on any atom is -0.396 e. The van der Waals surface area contributed by atoms with Gasteiger partial charge in [0.15, 0.2) is 0 Å². The Bertz CT molecular complexity index is 576. The third kappa shape index (κ3) is 4.59. The van der Waals surface area contributed by atoms with E-state index in [0.29, 0.717) is 6.42 Å². The minimum atomic E-state index is 0.187. The summed E-state index contributed by atoms with van der Waals surface area (Å²) in [5.41, 5.74) is 1.32. The highest BCUT2D eigenvalue weighted by molar-refractivity contribution is 7.98. The molecule has 1 aromatic heterocycles. The molecule has 2 saturated heterocycles. The number of pyridine rings is 1. The molecule has 0 unspecified atom stereocenters. The van der Waals surface area contributed by atoms with Crippen molar-refractivity contribution in [2.75, 3.05) is 44.8 Å². The first kappa shape index (κ1) is 19.6. The van der Waals surface area contributed by atoms with Gasteiger partial charge in [-0.1, -0.05) is 6.07 Å². The van der Waals surface area contributed by atoms with Crippen LogP contribution in [0.2, 0.25) is 0 Å². The molecule has 1 aromatic rings. The quantitative estimate of drug-likeness (QED) is 0.824. The van der Waals surface area contributed by atoms with Crippen LogP contribution in [0.25, 0.3) is 0 Å². The van der Waals surface area contributed by atoms with E-state index in [1.807, 2.05) is 29.5 Å². The molecule has 5 nitrogen and oxygen atoms in total. The van der Waals surface area contributed by atoms with E-state index >= 15 is 0 Å². The summed E-state index contributed by atoms with van der Waals surface area (Å²) in [6.45, 7) is 4.77. The van der Waals surface area contributed by atoms with Crippen LogP contribution in [0.15, 0.2) is 24.4 Å². The number of hydrogen-bond acceptors (Lipinski definition) is 5. The van der Waals surface area contributed by atoms with Gasteiger partial charge in [0, 0.05) is 50.5 Å². The van der Waals surface area contributed by atoms with Gasteiger partial charge in [-0.2, -0.15) is 11.8 Å². The molecule has 144 valence electrons. The van der Waals surface area contributed by atoms with Crippen LogP contribution in [0, 0.1) is 11.3 Å². The minimum absolute atomic E-state index is 0.187. The lowest BCUT2D eigenvalue weighted by Gasteiger charge is -2.51. The number of carbonyl (C=O) groups excluding carboxylic acids is 1. The number of aromatic nitrogens is 1. The largest absolute Gasteiger partial charge is 0.396 e. The molecule has 2 aliphatic heterocycles. The molecule has 1 spiro atoms. The Labute approximate surface area is 161 Å². The highest BCUT2D eigenvalue weighted by Crippen LogP contribution is 2.45. The van der Waals surface area contributed by atoms with E-state index in [1.54, 1.807) is 11.8 Å². The zero-order valence-electron chi connectivity index (χ0n) is 15.8. The number of rotatable bonds is 6. The van der Waals surface area contributed by atoms with Gasteiger partial charge in [-0.3, -0.25) is 14.7 Å². The number of amides is 1. The number of aliphatic hydroxyl groups is 1. The first-order chi connectivity index (χ1) is 12.7. The van der Waals surface area contributed by atoms with Crippen LogP contribution in [-0.2, 0) is 11.3 Å². The maximum absolute atomic E-state index is 12.4. The predicted octanol–water partition coefficient (Wildman–Crippen LogP) is 2.26. The number of nitrogens with zero attached hydrogens (tertiary/aromatic N) is 3. The van der Waals surface area contributed by atoms with Crippen molar-refractivity contribution >= 4 is 17.7 Å². The maximum Gasteiger partial charge on any atom is 0.223 e. The zero-order chi connectivity index (χ0) is 18.4. The summed E-state index contributed by atoms with van der Waals surface area (Å²) in [4.78, 5) is 21.3. The summed E-state index contributed by atoms with van der Waals surface area (Å²) in [5, 5.41) is 10.0. The van der Waals surface area contributed by atoms with Crippen LogP contribution >= 0.6 is 11.8 Å². The molecule has 2 fully saturated rings. The third-order valence-corrected chi connectivity index (χ3v) is 6.86. The van der Waals surface area contributed by atoms with Crippen LogP contribution < -0.4 is 0 Å². The lowest BCUT2D eigenvalue weighted by Crippen LogP contribution is -2.54. The van der Waals surface area contributed by atoms with Crippen molar-refractivity contribution in [3.05, 3.63) is 30.1 Å². The van der Waals surface area contributed by atoms with Crippen molar-refractivity contribution in [2.24, 2.45) is 11.3 Å². The van der Waals surface area contributed by atoms with Gasteiger partial charge in [0.25, 0.3) is 0 Å². The lowest BCUT2D eigenvalue weighted by molar-refractivity contribution is -0.137. The van der Waals surface area contributed by atoms with E-state index in [0.717, 1.165) is 63.4 Å². The molecule has 0 radical (unpaired) electrons. The number of carbonyl (C=O) groups is 1. The Morgan fingerprint density at radius 2 is 2.08 bits per heavy atom. The first-order valence-corrected chi connectivity index (χ1v) is 11.1. The van der Waals surface area contributed by atoms with E-state index in [1.165, 1.54) is 0 Å². The normalized spacial score (nSPS) is 23.3. The third-order valence-electron chi connectivity index (χ3n) is 6.24. The molecular weight excluding hydrogens is 346 g/mol. The summed E-state index contributed by atoms with van der Waals surface area (Å²) in [5.74, 6) is 1.35. The van der Waals surface area contributed by atoms with Crippen LogP contribution in [0.4, 0.5) is 0 Å². The molecule has 0 saturated carbocycles. The van der Waals surface area contributed by atoms with Crippen LogP contribution in [0.1, 0.15) is 31.4 Å². The summed E-state index contributed by atoms with van der Waals surface area (Å²) in [6.07, 6.45) is 7.75. The maximum atomic E-state index is 12.4. The van der Waals surface area contributed by atoms with Gasteiger partial charge in [0.05, 0.1) is 5.69 Å². The van der Waals surface area contributed by atoms with E-state index < -0.39 is 0 Å². The van der Waals surface area contributed by atoms with Gasteiger partial charge in [-0.05, 0) is 56.2 Å². The van der Waals surface area contributed by atoms with E-state index in [-0.39, 0.29) is 23.8 Å². The van der Waals surface area contributed by atoms with E-state index in [2.05, 4.69) is 16.0 Å². The fourth-order valence-electron chi connectivity index (χ4n) is 4.47. The molecule has 26 heavy (non-hydrogen) atoms. The molecule has 3 heterocycles. The van der Waals surface area contributed by atoms with E-state index in [9.17, 15) is 9.90 Å². The number of piperidine rings is 2. The Morgan fingerprint density at radius 1 is 1.31 bits per heavy atom. The lowest BCUT2D eigenvalue weighted by atomic mass is 9.64. The molecule has 0 aromatic carbocycles. The molecular formula is C20H31N3O2S.